The fraction of sp³-hybridized carbons (Fsp3) is 0. The topological polar surface area (TPSA) is 4.93 Å². The monoisotopic (exact) mass is 551 g/mol. The third-order valence-electron chi connectivity index (χ3n) is 8.60. The first-order valence-electron chi connectivity index (χ1n) is 14.4. The normalized spacial score (nSPS) is 12.2. The molecule has 0 atom stereocenters. The lowest BCUT2D eigenvalue weighted by atomic mass is 9.90. The minimum Gasteiger partial charge on any atom is -0.309 e. The Morgan fingerprint density at radius 3 is 1.95 bits per heavy atom. The van der Waals surface area contributed by atoms with Crippen LogP contribution in [0.5, 0.6) is 0 Å². The molecule has 0 unspecified atom stereocenters. The van der Waals surface area contributed by atoms with E-state index >= 15 is 0 Å². The molecule has 1 nitrogen and oxygen atoms in total. The summed E-state index contributed by atoms with van der Waals surface area (Å²) >= 11 is 1.89. The Kier molecular flexibility index (Phi) is 5.20. The Morgan fingerprint density at radius 1 is 0.381 bits per heavy atom. The average molecular weight is 552 g/mol. The Hall–Kier alpha value is -5.05. The summed E-state index contributed by atoms with van der Waals surface area (Å²) in [6, 6.07) is 55.4. The zero-order valence-electron chi connectivity index (χ0n) is 22.8. The molecule has 1 aliphatic rings. The van der Waals surface area contributed by atoms with Gasteiger partial charge in [0, 0.05) is 31.6 Å². The summed E-state index contributed by atoms with van der Waals surface area (Å²) in [6.07, 6.45) is 0. The molecule has 0 saturated heterocycles. The predicted molar refractivity (Wildman–Crippen MR) is 179 cm³/mol. The Bertz CT molecular complexity index is 2310. The fourth-order valence-corrected chi connectivity index (χ4v) is 7.89. The summed E-state index contributed by atoms with van der Waals surface area (Å²) in [7, 11) is 0. The number of fused-ring (bicyclic) bond motifs is 5. The van der Waals surface area contributed by atoms with Crippen LogP contribution in [0.15, 0.2) is 161 Å². The van der Waals surface area contributed by atoms with E-state index in [1.54, 1.807) is 0 Å². The fourth-order valence-electron chi connectivity index (χ4n) is 6.78. The summed E-state index contributed by atoms with van der Waals surface area (Å²) in [4.78, 5) is 2.64. The van der Waals surface area contributed by atoms with Crippen molar-refractivity contribution in [1.29, 1.82) is 0 Å². The molecule has 0 spiro atoms. The van der Waals surface area contributed by atoms with Gasteiger partial charge < -0.3 is 4.57 Å². The van der Waals surface area contributed by atoms with Crippen molar-refractivity contribution in [1.82, 2.24) is 4.57 Å². The molecular weight excluding hydrogens is 527 g/mol. The van der Waals surface area contributed by atoms with Crippen molar-refractivity contribution in [2.24, 2.45) is 0 Å². The van der Waals surface area contributed by atoms with Gasteiger partial charge >= 0.3 is 0 Å². The van der Waals surface area contributed by atoms with Crippen molar-refractivity contribution >= 4 is 44.3 Å². The lowest BCUT2D eigenvalue weighted by Crippen LogP contribution is -1.95. The molecule has 9 rings (SSSR count). The largest absolute Gasteiger partial charge is 0.309 e. The molecule has 1 aliphatic heterocycles. The van der Waals surface area contributed by atoms with Crippen LogP contribution < -0.4 is 0 Å². The van der Waals surface area contributed by atoms with E-state index in [0.717, 1.165) is 0 Å². The third kappa shape index (κ3) is 3.46. The maximum absolute atomic E-state index is 2.42. The summed E-state index contributed by atoms with van der Waals surface area (Å²) in [6.45, 7) is 0. The molecular formula is C40H25NS. The number of rotatable bonds is 3. The van der Waals surface area contributed by atoms with Crippen molar-refractivity contribution in [3.05, 3.63) is 152 Å². The molecule has 0 N–H and O–H groups in total. The molecule has 0 saturated carbocycles. The van der Waals surface area contributed by atoms with Gasteiger partial charge in [-0.15, -0.1) is 0 Å². The molecule has 2 heterocycles. The predicted octanol–water partition coefficient (Wildman–Crippen LogP) is 11.4. The molecule has 0 amide bonds. The Morgan fingerprint density at radius 2 is 1.07 bits per heavy atom. The highest BCUT2D eigenvalue weighted by Crippen LogP contribution is 2.51. The number of nitrogens with zero attached hydrogens (tertiary/aromatic N) is 1. The molecule has 196 valence electrons. The van der Waals surface area contributed by atoms with Gasteiger partial charge in [-0.05, 0) is 81.2 Å². The van der Waals surface area contributed by atoms with Crippen LogP contribution in [0.25, 0.3) is 71.6 Å². The third-order valence-corrected chi connectivity index (χ3v) is 9.74. The van der Waals surface area contributed by atoms with E-state index in [1.165, 1.54) is 81.4 Å². The molecule has 8 aromatic rings. The molecule has 0 aliphatic carbocycles. The van der Waals surface area contributed by atoms with Gasteiger partial charge in [0.1, 0.15) is 0 Å². The number of para-hydroxylation sites is 2. The first-order chi connectivity index (χ1) is 20.8. The van der Waals surface area contributed by atoms with Crippen LogP contribution >= 0.6 is 11.8 Å². The van der Waals surface area contributed by atoms with Crippen molar-refractivity contribution in [2.45, 2.75) is 9.79 Å². The van der Waals surface area contributed by atoms with Crippen LogP contribution in [0, 0.1) is 0 Å². The van der Waals surface area contributed by atoms with Crippen molar-refractivity contribution in [3.8, 4) is 39.1 Å². The van der Waals surface area contributed by atoms with Crippen molar-refractivity contribution < 1.29 is 0 Å². The second-order valence-electron chi connectivity index (χ2n) is 10.9. The van der Waals surface area contributed by atoms with E-state index in [1.807, 2.05) is 11.8 Å². The second kappa shape index (κ2) is 9.24. The van der Waals surface area contributed by atoms with Crippen molar-refractivity contribution in [2.75, 3.05) is 0 Å². The lowest BCUT2D eigenvalue weighted by molar-refractivity contribution is 1.18. The Balaban J connectivity index is 1.28. The van der Waals surface area contributed by atoms with E-state index in [9.17, 15) is 0 Å². The SMILES string of the molecule is c1ccc(-c2ccc3c4c(cccc24)-c2cc(-c4cccc5c4c4ccccc4n5-c4ccccc4)ccc2S3)cc1. The van der Waals surface area contributed by atoms with Crippen LogP contribution in [0.4, 0.5) is 0 Å². The van der Waals surface area contributed by atoms with Gasteiger partial charge in [-0.1, -0.05) is 121 Å². The summed E-state index contributed by atoms with van der Waals surface area (Å²) < 4.78 is 2.39. The highest BCUT2D eigenvalue weighted by atomic mass is 32.2. The zero-order chi connectivity index (χ0) is 27.6. The maximum atomic E-state index is 2.42. The number of aromatic nitrogens is 1. The van der Waals surface area contributed by atoms with E-state index in [2.05, 4.69) is 156 Å². The molecule has 1 aromatic heterocycles. The van der Waals surface area contributed by atoms with Gasteiger partial charge in [0.05, 0.1) is 11.0 Å². The summed E-state index contributed by atoms with van der Waals surface area (Å²) in [5, 5.41) is 5.24. The van der Waals surface area contributed by atoms with Gasteiger partial charge in [0.2, 0.25) is 0 Å². The zero-order valence-corrected chi connectivity index (χ0v) is 23.6. The molecule has 0 fully saturated rings. The van der Waals surface area contributed by atoms with Gasteiger partial charge in [-0.2, -0.15) is 0 Å². The summed E-state index contributed by atoms with van der Waals surface area (Å²) in [5.74, 6) is 0. The van der Waals surface area contributed by atoms with E-state index in [4.69, 9.17) is 0 Å². The van der Waals surface area contributed by atoms with Crippen LogP contribution in [0.2, 0.25) is 0 Å². The van der Waals surface area contributed by atoms with Crippen LogP contribution in [0.3, 0.4) is 0 Å². The molecule has 42 heavy (non-hydrogen) atoms. The van der Waals surface area contributed by atoms with Crippen LogP contribution in [-0.2, 0) is 0 Å². The first-order valence-corrected chi connectivity index (χ1v) is 15.2. The molecule has 0 radical (unpaired) electrons. The van der Waals surface area contributed by atoms with E-state index in [-0.39, 0.29) is 0 Å². The van der Waals surface area contributed by atoms with Crippen LogP contribution in [0.1, 0.15) is 0 Å². The second-order valence-corrected chi connectivity index (χ2v) is 12.0. The number of hydrogen-bond acceptors (Lipinski definition) is 1. The highest BCUT2D eigenvalue weighted by Gasteiger charge is 2.22. The molecule has 7 aromatic carbocycles. The van der Waals surface area contributed by atoms with Gasteiger partial charge in [-0.3, -0.25) is 0 Å². The van der Waals surface area contributed by atoms with Gasteiger partial charge in [0.25, 0.3) is 0 Å². The number of hydrogen-bond donors (Lipinski definition) is 0. The average Bonchev–Trinajstić information content (AvgIpc) is 3.40. The standard InChI is InChI=1S/C40H25NS/c1-3-11-26(12-4-1)29-22-24-38-40-31(29)17-9-18-32(40)34-25-27(21-23-37(34)42-38)30-16-10-20-36-39(30)33-15-7-8-19-35(33)41(36)28-13-5-2-6-14-28/h1-25H. The van der Waals surface area contributed by atoms with Gasteiger partial charge in [0.15, 0.2) is 0 Å². The van der Waals surface area contributed by atoms with E-state index < -0.39 is 0 Å². The minimum absolute atomic E-state index is 1.18. The lowest BCUT2D eigenvalue weighted by Gasteiger charge is -2.22. The van der Waals surface area contributed by atoms with Crippen molar-refractivity contribution in [3.63, 3.8) is 0 Å². The first kappa shape index (κ1) is 23.6. The highest BCUT2D eigenvalue weighted by molar-refractivity contribution is 7.99. The van der Waals surface area contributed by atoms with Crippen LogP contribution in [-0.4, -0.2) is 4.57 Å². The number of benzene rings is 7. The molecule has 0 bridgehead atoms. The smallest absolute Gasteiger partial charge is 0.0547 e. The Labute approximate surface area is 248 Å². The quantitative estimate of drug-likeness (QED) is 0.211. The minimum atomic E-state index is 1.18. The van der Waals surface area contributed by atoms with E-state index in [0.29, 0.717) is 0 Å². The summed E-state index contributed by atoms with van der Waals surface area (Å²) in [5.41, 5.74) is 11.3. The molecule has 2 heteroatoms. The maximum Gasteiger partial charge on any atom is 0.0547 e. The van der Waals surface area contributed by atoms with Gasteiger partial charge in [-0.25, -0.2) is 0 Å².